The summed E-state index contributed by atoms with van der Waals surface area (Å²) in [5.74, 6) is 1.33. The monoisotopic (exact) mass is 440 g/mol. The van der Waals surface area contributed by atoms with Gasteiger partial charge in [-0.1, -0.05) is 54.5 Å². The molecule has 0 N–H and O–H groups in total. The molecule has 6 nitrogen and oxygen atoms in total. The second kappa shape index (κ2) is 8.24. The van der Waals surface area contributed by atoms with Crippen molar-refractivity contribution in [3.63, 3.8) is 0 Å². The molecule has 2 aromatic heterocycles. The molecule has 0 aliphatic carbocycles. The third kappa shape index (κ3) is 4.00. The average Bonchev–Trinajstić information content (AvgIpc) is 3.18. The first-order chi connectivity index (χ1) is 14.3. The lowest BCUT2D eigenvalue weighted by Gasteiger charge is -2.15. The molecule has 0 amide bonds. The number of hydrogen-bond donors (Lipinski definition) is 0. The van der Waals surface area contributed by atoms with Crippen molar-refractivity contribution in [1.29, 1.82) is 0 Å². The van der Waals surface area contributed by atoms with E-state index in [1.165, 1.54) is 11.8 Å². The molecule has 0 saturated heterocycles. The summed E-state index contributed by atoms with van der Waals surface area (Å²) in [6.45, 7) is 7.97. The Labute approximate surface area is 183 Å². The molecule has 1 unspecified atom stereocenters. The van der Waals surface area contributed by atoms with Gasteiger partial charge in [0.15, 0.2) is 11.0 Å². The van der Waals surface area contributed by atoms with Gasteiger partial charge in [0.25, 0.3) is 5.56 Å². The number of benzene rings is 2. The predicted molar refractivity (Wildman–Crippen MR) is 120 cm³/mol. The molecule has 4 rings (SSSR count). The zero-order valence-corrected chi connectivity index (χ0v) is 18.7. The molecule has 0 bridgehead atoms. The maximum absolute atomic E-state index is 13.4. The minimum atomic E-state index is -0.190. The van der Waals surface area contributed by atoms with Gasteiger partial charge < -0.3 is 4.52 Å². The molecule has 30 heavy (non-hydrogen) atoms. The topological polar surface area (TPSA) is 73.8 Å². The lowest BCUT2D eigenvalue weighted by atomic mass is 10.2. The van der Waals surface area contributed by atoms with E-state index in [2.05, 4.69) is 10.1 Å². The van der Waals surface area contributed by atoms with Crippen molar-refractivity contribution in [1.82, 2.24) is 19.7 Å². The average molecular weight is 441 g/mol. The van der Waals surface area contributed by atoms with E-state index in [9.17, 15) is 4.79 Å². The molecule has 8 heteroatoms. The molecule has 0 aliphatic rings. The van der Waals surface area contributed by atoms with Crippen LogP contribution in [-0.4, -0.2) is 19.7 Å². The van der Waals surface area contributed by atoms with Gasteiger partial charge >= 0.3 is 0 Å². The Morgan fingerprint density at radius 3 is 2.60 bits per heavy atom. The zero-order chi connectivity index (χ0) is 21.4. The van der Waals surface area contributed by atoms with E-state index in [4.69, 9.17) is 21.1 Å². The van der Waals surface area contributed by atoms with Crippen LogP contribution in [0.4, 0.5) is 0 Å². The Morgan fingerprint density at radius 1 is 1.10 bits per heavy atom. The summed E-state index contributed by atoms with van der Waals surface area (Å²) < 4.78 is 7.07. The van der Waals surface area contributed by atoms with Gasteiger partial charge in [0, 0.05) is 10.9 Å². The number of hydrogen-bond acceptors (Lipinski definition) is 6. The van der Waals surface area contributed by atoms with Crippen LogP contribution in [0.15, 0.2) is 56.9 Å². The maximum Gasteiger partial charge on any atom is 0.266 e. The van der Waals surface area contributed by atoms with E-state index in [1.54, 1.807) is 22.8 Å². The minimum absolute atomic E-state index is 0.148. The van der Waals surface area contributed by atoms with Gasteiger partial charge in [-0.05, 0) is 49.7 Å². The highest BCUT2D eigenvalue weighted by atomic mass is 35.5. The van der Waals surface area contributed by atoms with E-state index in [0.717, 1.165) is 11.3 Å². The molecular weight excluding hydrogens is 420 g/mol. The highest BCUT2D eigenvalue weighted by Crippen LogP contribution is 2.34. The summed E-state index contributed by atoms with van der Waals surface area (Å²) in [6, 6.07) is 12.9. The van der Waals surface area contributed by atoms with Gasteiger partial charge in [-0.2, -0.15) is 4.98 Å². The fourth-order valence-corrected chi connectivity index (χ4v) is 4.19. The Bertz CT molecular complexity index is 1280. The second-order valence-corrected chi connectivity index (χ2v) is 9.19. The van der Waals surface area contributed by atoms with E-state index in [0.29, 0.717) is 32.8 Å². The standard InChI is InChI=1S/C22H21ClN4O2S/c1-12(2)19-25-20(29-26-19)14(4)30-22-24-18-11-15(23)8-9-17(18)21(28)27(22)16-7-5-6-13(3)10-16/h5-12,14H,1-4H3. The Balaban J connectivity index is 1.86. The Kier molecular flexibility index (Phi) is 5.66. The highest BCUT2D eigenvalue weighted by Gasteiger charge is 2.21. The molecule has 0 aliphatic heterocycles. The van der Waals surface area contributed by atoms with Crippen LogP contribution in [-0.2, 0) is 0 Å². The molecule has 2 aromatic carbocycles. The largest absolute Gasteiger partial charge is 0.338 e. The van der Waals surface area contributed by atoms with Gasteiger partial charge in [0.05, 0.1) is 21.8 Å². The van der Waals surface area contributed by atoms with Crippen molar-refractivity contribution in [2.75, 3.05) is 0 Å². The fourth-order valence-electron chi connectivity index (χ4n) is 3.07. The van der Waals surface area contributed by atoms with Gasteiger partial charge in [0.2, 0.25) is 5.89 Å². The lowest BCUT2D eigenvalue weighted by molar-refractivity contribution is 0.373. The third-order valence-corrected chi connectivity index (χ3v) is 5.94. The molecule has 0 saturated carbocycles. The number of thioether (sulfide) groups is 1. The first-order valence-electron chi connectivity index (χ1n) is 9.63. The molecule has 0 spiro atoms. The molecule has 4 aromatic rings. The zero-order valence-electron chi connectivity index (χ0n) is 17.1. The predicted octanol–water partition coefficient (Wildman–Crippen LogP) is 5.71. The SMILES string of the molecule is Cc1cccc(-n2c(SC(C)c3nc(C(C)C)no3)nc3cc(Cl)ccc3c2=O)c1. The molecule has 0 fully saturated rings. The van der Waals surface area contributed by atoms with E-state index < -0.39 is 0 Å². The van der Waals surface area contributed by atoms with Crippen molar-refractivity contribution in [3.8, 4) is 5.69 Å². The van der Waals surface area contributed by atoms with E-state index >= 15 is 0 Å². The van der Waals surface area contributed by atoms with Crippen LogP contribution in [0, 0.1) is 6.92 Å². The molecule has 2 heterocycles. The summed E-state index contributed by atoms with van der Waals surface area (Å²) in [7, 11) is 0. The maximum atomic E-state index is 13.4. The normalized spacial score (nSPS) is 12.6. The van der Waals surface area contributed by atoms with Crippen molar-refractivity contribution >= 4 is 34.3 Å². The first-order valence-corrected chi connectivity index (χ1v) is 10.9. The Morgan fingerprint density at radius 2 is 1.90 bits per heavy atom. The van der Waals surface area contributed by atoms with Crippen LogP contribution < -0.4 is 5.56 Å². The van der Waals surface area contributed by atoms with Gasteiger partial charge in [-0.15, -0.1) is 0 Å². The van der Waals surface area contributed by atoms with Crippen molar-refractivity contribution in [3.05, 3.63) is 75.1 Å². The summed E-state index contributed by atoms with van der Waals surface area (Å²) in [5, 5.41) is 5.44. The molecule has 154 valence electrons. The van der Waals surface area contributed by atoms with E-state index in [-0.39, 0.29) is 16.7 Å². The smallest absolute Gasteiger partial charge is 0.266 e. The minimum Gasteiger partial charge on any atom is -0.338 e. The summed E-state index contributed by atoms with van der Waals surface area (Å²) in [4.78, 5) is 22.6. The number of nitrogens with zero attached hydrogens (tertiary/aromatic N) is 4. The lowest BCUT2D eigenvalue weighted by Crippen LogP contribution is -2.22. The van der Waals surface area contributed by atoms with Gasteiger partial charge in [-0.3, -0.25) is 9.36 Å². The number of aryl methyl sites for hydroxylation is 1. The number of fused-ring (bicyclic) bond motifs is 1. The van der Waals surface area contributed by atoms with Crippen molar-refractivity contribution < 1.29 is 4.52 Å². The van der Waals surface area contributed by atoms with Crippen molar-refractivity contribution in [2.24, 2.45) is 0 Å². The quantitative estimate of drug-likeness (QED) is 0.292. The van der Waals surface area contributed by atoms with Crippen molar-refractivity contribution in [2.45, 2.75) is 44.0 Å². The summed E-state index contributed by atoms with van der Waals surface area (Å²) in [6.07, 6.45) is 0. The first kappa shape index (κ1) is 20.6. The highest BCUT2D eigenvalue weighted by molar-refractivity contribution is 7.99. The van der Waals surface area contributed by atoms with Crippen LogP contribution in [0.5, 0.6) is 0 Å². The second-order valence-electron chi connectivity index (χ2n) is 7.44. The number of halogens is 1. The number of rotatable bonds is 5. The van der Waals surface area contributed by atoms with Crippen LogP contribution in [0.2, 0.25) is 5.02 Å². The van der Waals surface area contributed by atoms with Gasteiger partial charge in [0.1, 0.15) is 0 Å². The number of aromatic nitrogens is 4. The fraction of sp³-hybridized carbons (Fsp3) is 0.273. The Hall–Kier alpha value is -2.64. The van der Waals surface area contributed by atoms with Crippen LogP contribution >= 0.6 is 23.4 Å². The summed E-state index contributed by atoms with van der Waals surface area (Å²) >= 11 is 7.54. The summed E-state index contributed by atoms with van der Waals surface area (Å²) in [5.41, 5.74) is 2.22. The van der Waals surface area contributed by atoms with Gasteiger partial charge in [-0.25, -0.2) is 4.98 Å². The van der Waals surface area contributed by atoms with Crippen LogP contribution in [0.3, 0.4) is 0 Å². The van der Waals surface area contributed by atoms with Crippen LogP contribution in [0.25, 0.3) is 16.6 Å². The molecule has 1 atom stereocenters. The van der Waals surface area contributed by atoms with Crippen LogP contribution in [0.1, 0.15) is 49.2 Å². The molecule has 0 radical (unpaired) electrons. The molecular formula is C22H21ClN4O2S. The third-order valence-electron chi connectivity index (χ3n) is 4.66. The van der Waals surface area contributed by atoms with E-state index in [1.807, 2.05) is 52.0 Å².